The Morgan fingerprint density at radius 1 is 0.700 bits per heavy atom. The Kier molecular flexibility index (Phi) is 12.4. The van der Waals surface area contributed by atoms with Crippen LogP contribution in [-0.2, 0) is 52.4 Å². The molecule has 0 bridgehead atoms. The van der Waals surface area contributed by atoms with Gasteiger partial charge in [0.25, 0.3) is 0 Å². The van der Waals surface area contributed by atoms with Gasteiger partial charge in [-0.05, 0) is 25.1 Å². The van der Waals surface area contributed by atoms with Crippen LogP contribution in [0.1, 0.15) is 86.0 Å². The molecule has 1 fully saturated rings. The van der Waals surface area contributed by atoms with E-state index in [4.69, 9.17) is 28.4 Å². The summed E-state index contributed by atoms with van der Waals surface area (Å²) in [7, 11) is 0. The molecule has 0 amide bonds. The van der Waals surface area contributed by atoms with Gasteiger partial charge in [-0.3, -0.25) is 24.0 Å². The van der Waals surface area contributed by atoms with Crippen molar-refractivity contribution in [2.45, 2.75) is 117 Å². The van der Waals surface area contributed by atoms with Crippen molar-refractivity contribution in [3.8, 4) is 0 Å². The quantitative estimate of drug-likeness (QED) is 0.244. The van der Waals surface area contributed by atoms with Crippen LogP contribution >= 0.6 is 0 Å². The van der Waals surface area contributed by atoms with Crippen LogP contribution in [0, 0.1) is 17.3 Å². The van der Waals surface area contributed by atoms with Gasteiger partial charge in [0.05, 0.1) is 5.56 Å². The van der Waals surface area contributed by atoms with Crippen LogP contribution in [0.2, 0.25) is 0 Å². The largest absolute Gasteiger partial charge is 0.458 e. The second kappa shape index (κ2) is 15.6. The first-order chi connectivity index (χ1) is 23.1. The minimum Gasteiger partial charge on any atom is -0.458 e. The van der Waals surface area contributed by atoms with Crippen LogP contribution in [0.15, 0.2) is 54.1 Å². The molecule has 1 N–H and O–H groups in total. The van der Waals surface area contributed by atoms with Gasteiger partial charge in [0.15, 0.2) is 30.0 Å². The fraction of sp³-hybridized carbons (Fsp3) is 0.568. The fourth-order valence-corrected chi connectivity index (χ4v) is 6.88. The van der Waals surface area contributed by atoms with Crippen molar-refractivity contribution in [2.24, 2.45) is 17.3 Å². The zero-order valence-electron chi connectivity index (χ0n) is 30.2. The van der Waals surface area contributed by atoms with Crippen molar-refractivity contribution in [1.29, 1.82) is 0 Å². The summed E-state index contributed by atoms with van der Waals surface area (Å²) in [6.07, 6.45) is -2.61. The summed E-state index contributed by atoms with van der Waals surface area (Å²) in [6, 6.07) is 8.15. The van der Waals surface area contributed by atoms with Crippen LogP contribution in [0.4, 0.5) is 0 Å². The molecule has 274 valence electrons. The Hall–Kier alpha value is -4.52. The maximum atomic E-state index is 13.5. The third-order valence-electron chi connectivity index (χ3n) is 8.81. The number of rotatable bonds is 7. The molecule has 2 aliphatic rings. The molecule has 1 aromatic rings. The van der Waals surface area contributed by atoms with E-state index < -0.39 is 94.8 Å². The maximum Gasteiger partial charge on any atom is 0.338 e. The first-order valence-electron chi connectivity index (χ1n) is 16.4. The Morgan fingerprint density at radius 2 is 1.22 bits per heavy atom. The lowest BCUT2D eigenvalue weighted by Gasteiger charge is -2.45. The van der Waals surface area contributed by atoms with E-state index in [0.29, 0.717) is 0 Å². The molecule has 9 atom stereocenters. The topological polar surface area (TPSA) is 178 Å². The molecule has 2 aliphatic carbocycles. The molecule has 1 aromatic carbocycles. The zero-order valence-corrected chi connectivity index (χ0v) is 30.2. The Balaban J connectivity index is 2.50. The number of fused-ring (bicyclic) bond motifs is 1. The maximum absolute atomic E-state index is 13.5. The summed E-state index contributed by atoms with van der Waals surface area (Å²) in [5.41, 5.74) is -5.09. The number of aliphatic hydroxyl groups is 1. The van der Waals surface area contributed by atoms with Crippen molar-refractivity contribution in [3.05, 3.63) is 59.7 Å². The highest BCUT2D eigenvalue weighted by Crippen LogP contribution is 2.51. The summed E-state index contributed by atoms with van der Waals surface area (Å²) < 4.78 is 35.3. The molecule has 0 spiro atoms. The average Bonchev–Trinajstić information content (AvgIpc) is 3.23. The predicted molar refractivity (Wildman–Crippen MR) is 177 cm³/mol. The molecule has 50 heavy (non-hydrogen) atoms. The van der Waals surface area contributed by atoms with Gasteiger partial charge in [-0.25, -0.2) is 4.79 Å². The molecule has 0 saturated heterocycles. The highest BCUT2D eigenvalue weighted by atomic mass is 16.6. The molecule has 3 rings (SSSR count). The molecule has 0 radical (unpaired) electrons. The number of carbonyl (C=O) groups excluding carboxylic acids is 6. The number of esters is 6. The van der Waals surface area contributed by atoms with E-state index in [1.807, 2.05) is 0 Å². The Bertz CT molecular complexity index is 1520. The minimum atomic E-state index is -2.32. The molecular formula is C37H48O13. The molecule has 1 saturated carbocycles. The first kappa shape index (κ1) is 39.9. The number of carbonyl (C=O) groups is 6. The van der Waals surface area contributed by atoms with Crippen LogP contribution in [0.25, 0.3) is 0 Å². The van der Waals surface area contributed by atoms with E-state index in [-0.39, 0.29) is 17.6 Å². The monoisotopic (exact) mass is 700 g/mol. The number of hydrogen-bond acceptors (Lipinski definition) is 13. The molecule has 0 aromatic heterocycles. The van der Waals surface area contributed by atoms with Gasteiger partial charge >= 0.3 is 35.8 Å². The van der Waals surface area contributed by atoms with Gasteiger partial charge < -0.3 is 33.5 Å². The normalized spacial score (nSPS) is 33.7. The van der Waals surface area contributed by atoms with Gasteiger partial charge in [-0.15, -0.1) is 0 Å². The third-order valence-corrected chi connectivity index (χ3v) is 8.81. The number of benzene rings is 1. The molecule has 13 nitrogen and oxygen atoms in total. The summed E-state index contributed by atoms with van der Waals surface area (Å²) in [4.78, 5) is 76.9. The van der Waals surface area contributed by atoms with Crippen LogP contribution in [0.3, 0.4) is 0 Å². The SMILES string of the molecule is CC(=O)O[C@H]1[C@H](OC(C)=O)C(C)(C)/C=C/[C@@H](C)[C@@H](OC(C)=O)[C@]2(OC(C)=O)C[C@@H](C)[C@@H](OC(=O)c3ccccc3)/C2=C\[C@](C)(O)[C@H]1OC(C)=O. The lowest BCUT2D eigenvalue weighted by atomic mass is 9.74. The highest BCUT2D eigenvalue weighted by molar-refractivity contribution is 5.89. The van der Waals surface area contributed by atoms with Crippen molar-refractivity contribution in [1.82, 2.24) is 0 Å². The van der Waals surface area contributed by atoms with Crippen LogP contribution in [0.5, 0.6) is 0 Å². The smallest absolute Gasteiger partial charge is 0.338 e. The summed E-state index contributed by atoms with van der Waals surface area (Å²) in [5.74, 6) is -5.97. The van der Waals surface area contributed by atoms with E-state index in [1.54, 1.807) is 70.2 Å². The van der Waals surface area contributed by atoms with Crippen molar-refractivity contribution < 1.29 is 62.3 Å². The van der Waals surface area contributed by atoms with E-state index >= 15 is 0 Å². The predicted octanol–water partition coefficient (Wildman–Crippen LogP) is 4.19. The minimum absolute atomic E-state index is 0.0254. The average molecular weight is 701 g/mol. The summed E-state index contributed by atoms with van der Waals surface area (Å²) in [5, 5.41) is 12.5. The number of hydrogen-bond donors (Lipinski definition) is 1. The molecule has 13 heteroatoms. The van der Waals surface area contributed by atoms with Gasteiger partial charge in [0, 0.05) is 63.9 Å². The second-order valence-electron chi connectivity index (χ2n) is 13.9. The van der Waals surface area contributed by atoms with Gasteiger partial charge in [0.1, 0.15) is 11.7 Å². The summed E-state index contributed by atoms with van der Waals surface area (Å²) >= 11 is 0. The van der Waals surface area contributed by atoms with E-state index in [1.165, 1.54) is 26.8 Å². The number of ether oxygens (including phenoxy) is 6. The molecule has 0 unspecified atom stereocenters. The first-order valence-corrected chi connectivity index (χ1v) is 16.4. The van der Waals surface area contributed by atoms with E-state index in [2.05, 4.69) is 0 Å². The third kappa shape index (κ3) is 9.17. The Morgan fingerprint density at radius 3 is 1.74 bits per heavy atom. The highest BCUT2D eigenvalue weighted by Gasteiger charge is 2.61. The van der Waals surface area contributed by atoms with Crippen molar-refractivity contribution >= 4 is 35.8 Å². The van der Waals surface area contributed by atoms with Gasteiger partial charge in [-0.1, -0.05) is 58.0 Å². The summed E-state index contributed by atoms with van der Waals surface area (Å²) in [6.45, 7) is 13.8. The Labute approximate surface area is 292 Å². The van der Waals surface area contributed by atoms with Gasteiger partial charge in [0.2, 0.25) is 0 Å². The molecule has 0 heterocycles. The lowest BCUT2D eigenvalue weighted by Crippen LogP contribution is -2.59. The van der Waals surface area contributed by atoms with Crippen molar-refractivity contribution in [3.63, 3.8) is 0 Å². The van der Waals surface area contributed by atoms with Crippen LogP contribution in [-0.4, -0.2) is 82.6 Å². The zero-order chi connectivity index (χ0) is 37.8. The molecule has 0 aliphatic heterocycles. The fourth-order valence-electron chi connectivity index (χ4n) is 6.88. The second-order valence-corrected chi connectivity index (χ2v) is 13.9. The van der Waals surface area contributed by atoms with E-state index in [9.17, 15) is 33.9 Å². The van der Waals surface area contributed by atoms with Gasteiger partial charge in [-0.2, -0.15) is 0 Å². The lowest BCUT2D eigenvalue weighted by molar-refractivity contribution is -0.207. The van der Waals surface area contributed by atoms with Crippen LogP contribution < -0.4 is 0 Å². The standard InChI is InChI=1S/C37H48O13/c1-20-16-17-35(8,9)32(47-24(5)40)30(45-22(3)38)33(48-25(6)41)36(10,44)19-28-29(49-34(43)27-14-12-11-13-15-27)21(2)18-37(28,50-26(7)42)31(20)46-23(4)39/h11-17,19-21,29-33,44H,18H2,1-10H3/b17-16+,28-19+/t20-,21-,29-,30+,31-,32+,33+,36+,37+/m1/s1. The van der Waals surface area contributed by atoms with Crippen molar-refractivity contribution in [2.75, 3.05) is 0 Å². The van der Waals surface area contributed by atoms with E-state index in [0.717, 1.165) is 20.8 Å². The molecular weight excluding hydrogens is 652 g/mol.